The van der Waals surface area contributed by atoms with Crippen LogP contribution in [0.4, 0.5) is 0 Å². The molecule has 0 spiro atoms. The molecule has 1 aromatic carbocycles. The summed E-state index contributed by atoms with van der Waals surface area (Å²) in [7, 11) is 3.49. The summed E-state index contributed by atoms with van der Waals surface area (Å²) in [5.41, 5.74) is 3.42. The number of tetrazole rings is 1. The summed E-state index contributed by atoms with van der Waals surface area (Å²) >= 11 is 1.73. The monoisotopic (exact) mass is 371 g/mol. The average molecular weight is 372 g/mol. The van der Waals surface area contributed by atoms with E-state index in [1.807, 2.05) is 12.1 Å². The minimum Gasteiger partial charge on any atom is -0.496 e. The van der Waals surface area contributed by atoms with Crippen molar-refractivity contribution in [3.8, 4) is 17.1 Å². The minimum absolute atomic E-state index is 0.648. The lowest BCUT2D eigenvalue weighted by atomic mass is 10.0. The van der Waals surface area contributed by atoms with Gasteiger partial charge in [0.1, 0.15) is 5.75 Å². The molecule has 0 aliphatic heterocycles. The maximum atomic E-state index is 5.51. The van der Waals surface area contributed by atoms with Gasteiger partial charge < -0.3 is 4.74 Å². The lowest BCUT2D eigenvalue weighted by Gasteiger charge is -2.09. The van der Waals surface area contributed by atoms with Crippen LogP contribution in [0.25, 0.3) is 11.4 Å². The number of unbranched alkanes of at least 4 members (excludes halogenated alkanes) is 3. The predicted octanol–water partition coefficient (Wildman–Crippen LogP) is 4.00. The van der Waals surface area contributed by atoms with E-state index in [-0.39, 0.29) is 0 Å². The van der Waals surface area contributed by atoms with Crippen molar-refractivity contribution in [2.45, 2.75) is 45.4 Å². The summed E-state index contributed by atoms with van der Waals surface area (Å²) < 4.78 is 5.51. The molecule has 7 heteroatoms. The molecular formula is C19H25N5OS. The van der Waals surface area contributed by atoms with Crippen LogP contribution in [0.3, 0.4) is 0 Å². The van der Waals surface area contributed by atoms with Gasteiger partial charge in [-0.2, -0.15) is 4.80 Å². The van der Waals surface area contributed by atoms with E-state index in [0.29, 0.717) is 5.82 Å². The molecule has 0 aliphatic rings. The van der Waals surface area contributed by atoms with Crippen molar-refractivity contribution >= 4 is 11.3 Å². The third-order valence-electron chi connectivity index (χ3n) is 4.34. The molecule has 3 rings (SSSR count). The Labute approximate surface area is 158 Å². The van der Waals surface area contributed by atoms with Crippen LogP contribution in [0, 0.1) is 6.92 Å². The lowest BCUT2D eigenvalue weighted by Crippen LogP contribution is -1.95. The maximum Gasteiger partial charge on any atom is 0.204 e. The van der Waals surface area contributed by atoms with E-state index in [9.17, 15) is 0 Å². The molecule has 0 saturated heterocycles. The highest BCUT2D eigenvalue weighted by molar-refractivity contribution is 7.09. The van der Waals surface area contributed by atoms with Crippen molar-refractivity contribution in [2.24, 2.45) is 7.05 Å². The van der Waals surface area contributed by atoms with Crippen molar-refractivity contribution in [2.75, 3.05) is 7.11 Å². The van der Waals surface area contributed by atoms with Crippen LogP contribution >= 0.6 is 11.3 Å². The van der Waals surface area contributed by atoms with Gasteiger partial charge in [0.15, 0.2) is 0 Å². The summed E-state index contributed by atoms with van der Waals surface area (Å²) in [6.45, 7) is 2.06. The number of nitrogens with zero attached hydrogens (tertiary/aromatic N) is 5. The first-order chi connectivity index (χ1) is 12.7. The molecule has 26 heavy (non-hydrogen) atoms. The fraction of sp³-hybridized carbons (Fsp3) is 0.474. The molecule has 6 nitrogen and oxygen atoms in total. The number of rotatable bonds is 9. The Morgan fingerprint density at radius 1 is 1.12 bits per heavy atom. The highest BCUT2D eigenvalue weighted by Crippen LogP contribution is 2.26. The van der Waals surface area contributed by atoms with Crippen molar-refractivity contribution in [1.82, 2.24) is 25.2 Å². The van der Waals surface area contributed by atoms with E-state index >= 15 is 0 Å². The van der Waals surface area contributed by atoms with Gasteiger partial charge in [-0.25, -0.2) is 4.98 Å². The maximum absolute atomic E-state index is 5.51. The lowest BCUT2D eigenvalue weighted by molar-refractivity contribution is 0.409. The van der Waals surface area contributed by atoms with Gasteiger partial charge in [0, 0.05) is 10.9 Å². The van der Waals surface area contributed by atoms with Crippen molar-refractivity contribution < 1.29 is 4.74 Å². The largest absolute Gasteiger partial charge is 0.496 e. The normalized spacial score (nSPS) is 11.0. The Morgan fingerprint density at radius 2 is 1.92 bits per heavy atom. The van der Waals surface area contributed by atoms with Gasteiger partial charge in [-0.3, -0.25) is 0 Å². The molecule has 0 bridgehead atoms. The first-order valence-corrected chi connectivity index (χ1v) is 9.86. The Kier molecular flexibility index (Phi) is 6.33. The average Bonchev–Trinajstić information content (AvgIpc) is 3.26. The van der Waals surface area contributed by atoms with Gasteiger partial charge in [-0.05, 0) is 61.6 Å². The first kappa shape index (κ1) is 18.5. The fourth-order valence-corrected chi connectivity index (χ4v) is 3.66. The first-order valence-electron chi connectivity index (χ1n) is 8.98. The van der Waals surface area contributed by atoms with Crippen LogP contribution in [0.1, 0.15) is 41.9 Å². The zero-order valence-corrected chi connectivity index (χ0v) is 16.4. The van der Waals surface area contributed by atoms with Crippen LogP contribution in [0.2, 0.25) is 0 Å². The van der Waals surface area contributed by atoms with Crippen LogP contribution in [-0.4, -0.2) is 32.3 Å². The number of aryl methyl sites for hydroxylation is 4. The second kappa shape index (κ2) is 8.89. The van der Waals surface area contributed by atoms with Crippen LogP contribution < -0.4 is 4.74 Å². The van der Waals surface area contributed by atoms with Crippen LogP contribution in [-0.2, 0) is 19.9 Å². The van der Waals surface area contributed by atoms with E-state index in [0.717, 1.165) is 35.6 Å². The van der Waals surface area contributed by atoms with Gasteiger partial charge in [0.2, 0.25) is 5.82 Å². The van der Waals surface area contributed by atoms with Gasteiger partial charge >= 0.3 is 0 Å². The number of aromatic nitrogens is 5. The quantitative estimate of drug-likeness (QED) is 0.532. The highest BCUT2D eigenvalue weighted by Gasteiger charge is 2.09. The molecule has 0 amide bonds. The van der Waals surface area contributed by atoms with Gasteiger partial charge in [0.05, 0.1) is 24.9 Å². The molecule has 0 aliphatic carbocycles. The molecule has 138 valence electrons. The summed E-state index contributed by atoms with van der Waals surface area (Å²) in [5, 5.41) is 15.6. The predicted molar refractivity (Wildman–Crippen MR) is 104 cm³/mol. The van der Waals surface area contributed by atoms with Crippen molar-refractivity contribution in [3.63, 3.8) is 0 Å². The summed E-state index contributed by atoms with van der Waals surface area (Å²) in [4.78, 5) is 6.00. The molecule has 2 heterocycles. The Balaban J connectivity index is 1.50. The molecule has 0 saturated carbocycles. The number of ether oxygens (including phenoxy) is 1. The van der Waals surface area contributed by atoms with Crippen LogP contribution in [0.5, 0.6) is 5.75 Å². The number of hydrogen-bond donors (Lipinski definition) is 0. The van der Waals surface area contributed by atoms with Gasteiger partial charge in [-0.1, -0.05) is 12.8 Å². The third kappa shape index (κ3) is 4.88. The fourth-order valence-electron chi connectivity index (χ4n) is 3.01. The summed E-state index contributed by atoms with van der Waals surface area (Å²) in [5.74, 6) is 1.57. The standard InChI is InChI=1S/C19H25N5OS/c1-14-20-17(13-26-14)9-7-5-4-6-8-15-12-16(10-11-18(15)25-3)19-21-23-24(2)22-19/h10-13H,4-9H2,1-3H3. The smallest absolute Gasteiger partial charge is 0.204 e. The zero-order valence-electron chi connectivity index (χ0n) is 15.6. The SMILES string of the molecule is COc1ccc(-c2nnn(C)n2)cc1CCCCCCc1csc(C)n1. The summed E-state index contributed by atoms with van der Waals surface area (Å²) in [6.07, 6.45) is 6.85. The molecule has 0 atom stereocenters. The second-order valence-electron chi connectivity index (χ2n) is 6.40. The molecule has 0 unspecified atom stereocenters. The second-order valence-corrected chi connectivity index (χ2v) is 7.46. The number of benzene rings is 1. The van der Waals surface area contributed by atoms with Crippen LogP contribution in [0.15, 0.2) is 23.6 Å². The third-order valence-corrected chi connectivity index (χ3v) is 5.16. The molecular weight excluding hydrogens is 346 g/mol. The van der Waals surface area contributed by atoms with E-state index < -0.39 is 0 Å². The van der Waals surface area contributed by atoms with Gasteiger partial charge in [0.25, 0.3) is 0 Å². The minimum atomic E-state index is 0.648. The molecule has 2 aromatic heterocycles. The topological polar surface area (TPSA) is 65.7 Å². The number of hydrogen-bond acceptors (Lipinski definition) is 6. The molecule has 0 N–H and O–H groups in total. The Hall–Kier alpha value is -2.28. The number of methoxy groups -OCH3 is 1. The number of thiazole rings is 1. The summed E-state index contributed by atoms with van der Waals surface area (Å²) in [6, 6.07) is 6.09. The van der Waals surface area contributed by atoms with Crippen molar-refractivity contribution in [3.05, 3.63) is 39.8 Å². The Morgan fingerprint density at radius 3 is 2.58 bits per heavy atom. The highest BCUT2D eigenvalue weighted by atomic mass is 32.1. The molecule has 0 fully saturated rings. The van der Waals surface area contributed by atoms with Gasteiger partial charge in [-0.15, -0.1) is 21.5 Å². The van der Waals surface area contributed by atoms with Crippen molar-refractivity contribution in [1.29, 1.82) is 0 Å². The molecule has 0 radical (unpaired) electrons. The van der Waals surface area contributed by atoms with E-state index in [2.05, 4.69) is 38.8 Å². The molecule has 3 aromatic rings. The zero-order chi connectivity index (χ0) is 18.4. The van der Waals surface area contributed by atoms with E-state index in [1.54, 1.807) is 25.5 Å². The Bertz CT molecular complexity index is 842. The van der Waals surface area contributed by atoms with E-state index in [1.165, 1.54) is 35.3 Å². The van der Waals surface area contributed by atoms with E-state index in [4.69, 9.17) is 4.74 Å².